The molecule has 212 valence electrons. The lowest BCUT2D eigenvalue weighted by Gasteiger charge is -2.27. The highest BCUT2D eigenvalue weighted by Gasteiger charge is 2.44. The quantitative estimate of drug-likeness (QED) is 0.0715. The molecular formula is C31H39N5O3S. The molecule has 9 heteroatoms. The molecule has 40 heavy (non-hydrogen) atoms. The lowest BCUT2D eigenvalue weighted by Crippen LogP contribution is -2.28. The SMILES string of the molecule is CC1(C)C(=CC=CC2=[N+](CCCCN=[N+]=[N-])c3ccccc3C2(C)C)N(CCCCS(=O)(=O)[O-])c2ccccc21. The Hall–Kier alpha value is -3.39. The van der Waals surface area contributed by atoms with E-state index >= 15 is 0 Å². The van der Waals surface area contributed by atoms with Gasteiger partial charge in [0.1, 0.15) is 6.54 Å². The number of fused-ring (bicyclic) bond motifs is 2. The zero-order valence-electron chi connectivity index (χ0n) is 23.9. The van der Waals surface area contributed by atoms with E-state index in [-0.39, 0.29) is 16.6 Å². The van der Waals surface area contributed by atoms with Crippen LogP contribution in [-0.2, 0) is 20.9 Å². The third kappa shape index (κ3) is 6.17. The Morgan fingerprint density at radius 3 is 2.40 bits per heavy atom. The van der Waals surface area contributed by atoms with Crippen LogP contribution in [0.25, 0.3) is 10.4 Å². The van der Waals surface area contributed by atoms with E-state index in [1.54, 1.807) is 0 Å². The van der Waals surface area contributed by atoms with Crippen molar-refractivity contribution in [3.63, 3.8) is 0 Å². The predicted molar refractivity (Wildman–Crippen MR) is 160 cm³/mol. The van der Waals surface area contributed by atoms with Gasteiger partial charge in [-0.3, -0.25) is 0 Å². The minimum Gasteiger partial charge on any atom is -0.748 e. The molecular weight excluding hydrogens is 522 g/mol. The van der Waals surface area contributed by atoms with Gasteiger partial charge in [0, 0.05) is 64.7 Å². The third-order valence-electron chi connectivity index (χ3n) is 8.09. The first-order valence-electron chi connectivity index (χ1n) is 13.9. The fourth-order valence-corrected chi connectivity index (χ4v) is 6.60. The molecule has 0 N–H and O–H groups in total. The fraction of sp³-hybridized carbons (Fsp3) is 0.452. The van der Waals surface area contributed by atoms with Crippen molar-refractivity contribution in [3.05, 3.63) is 94.0 Å². The van der Waals surface area contributed by atoms with Crippen molar-refractivity contribution in [3.8, 4) is 0 Å². The maximum absolute atomic E-state index is 11.1. The number of azide groups is 1. The van der Waals surface area contributed by atoms with E-state index in [9.17, 15) is 13.0 Å². The number of benzene rings is 2. The molecule has 0 aliphatic carbocycles. The normalized spacial score (nSPS) is 18.3. The van der Waals surface area contributed by atoms with Gasteiger partial charge in [0.15, 0.2) is 5.71 Å². The van der Waals surface area contributed by atoms with Crippen LogP contribution >= 0.6 is 0 Å². The van der Waals surface area contributed by atoms with Crippen molar-refractivity contribution in [1.82, 2.24) is 0 Å². The van der Waals surface area contributed by atoms with Crippen molar-refractivity contribution in [2.24, 2.45) is 5.11 Å². The predicted octanol–water partition coefficient (Wildman–Crippen LogP) is 6.72. The molecule has 0 saturated carbocycles. The maximum atomic E-state index is 11.1. The first-order chi connectivity index (χ1) is 19.0. The second-order valence-corrected chi connectivity index (χ2v) is 13.0. The third-order valence-corrected chi connectivity index (χ3v) is 8.87. The molecule has 0 amide bonds. The van der Waals surface area contributed by atoms with Gasteiger partial charge in [0.05, 0.1) is 15.5 Å². The molecule has 0 bridgehead atoms. The molecule has 8 nitrogen and oxygen atoms in total. The summed E-state index contributed by atoms with van der Waals surface area (Å²) < 4.78 is 35.7. The molecule has 2 aliphatic heterocycles. The van der Waals surface area contributed by atoms with Gasteiger partial charge in [0.25, 0.3) is 0 Å². The van der Waals surface area contributed by atoms with E-state index in [0.717, 1.165) is 30.8 Å². The average molecular weight is 562 g/mol. The van der Waals surface area contributed by atoms with Crippen molar-refractivity contribution >= 4 is 27.2 Å². The number of nitrogens with zero attached hydrogens (tertiary/aromatic N) is 5. The first kappa shape index (κ1) is 29.6. The minimum absolute atomic E-state index is 0.173. The molecule has 0 unspecified atom stereocenters. The van der Waals surface area contributed by atoms with Crippen molar-refractivity contribution in [2.75, 3.05) is 30.3 Å². The van der Waals surface area contributed by atoms with Gasteiger partial charge in [-0.05, 0) is 56.3 Å². The molecule has 2 heterocycles. The van der Waals surface area contributed by atoms with E-state index in [0.29, 0.717) is 25.9 Å². The Bertz CT molecular complexity index is 1500. The molecule has 0 fully saturated rings. The highest BCUT2D eigenvalue weighted by Crippen LogP contribution is 2.47. The molecule has 0 saturated heterocycles. The zero-order valence-corrected chi connectivity index (χ0v) is 24.7. The molecule has 4 rings (SSSR count). The number of hydrogen-bond donors (Lipinski definition) is 0. The Morgan fingerprint density at radius 2 is 1.68 bits per heavy atom. The summed E-state index contributed by atoms with van der Waals surface area (Å²) in [5.41, 5.74) is 15.4. The van der Waals surface area contributed by atoms with Gasteiger partial charge >= 0.3 is 0 Å². The number of rotatable bonds is 12. The van der Waals surface area contributed by atoms with Crippen LogP contribution in [-0.4, -0.2) is 48.6 Å². The summed E-state index contributed by atoms with van der Waals surface area (Å²) in [6, 6.07) is 16.9. The summed E-state index contributed by atoms with van der Waals surface area (Å²) in [5.74, 6) is -0.336. The van der Waals surface area contributed by atoms with Crippen LogP contribution in [0.5, 0.6) is 0 Å². The number of anilines is 1. The van der Waals surface area contributed by atoms with E-state index in [1.807, 2.05) is 6.07 Å². The monoisotopic (exact) mass is 561 g/mol. The summed E-state index contributed by atoms with van der Waals surface area (Å²) >= 11 is 0. The number of hydrogen-bond acceptors (Lipinski definition) is 5. The van der Waals surface area contributed by atoms with Gasteiger partial charge in [-0.2, -0.15) is 4.58 Å². The van der Waals surface area contributed by atoms with Crippen molar-refractivity contribution in [2.45, 2.75) is 64.2 Å². The minimum atomic E-state index is -4.21. The highest BCUT2D eigenvalue weighted by atomic mass is 32.2. The molecule has 0 atom stereocenters. The van der Waals surface area contributed by atoms with Crippen molar-refractivity contribution in [1.29, 1.82) is 0 Å². The Morgan fingerprint density at radius 1 is 0.975 bits per heavy atom. The van der Waals surface area contributed by atoms with Gasteiger partial charge in [-0.1, -0.05) is 61.4 Å². The molecule has 2 aliphatic rings. The summed E-state index contributed by atoms with van der Waals surface area (Å²) in [7, 11) is -4.21. The van der Waals surface area contributed by atoms with Crippen LogP contribution < -0.4 is 4.90 Å². The lowest BCUT2D eigenvalue weighted by atomic mass is 9.81. The van der Waals surface area contributed by atoms with Gasteiger partial charge in [0.2, 0.25) is 5.69 Å². The summed E-state index contributed by atoms with van der Waals surface area (Å²) in [5, 5.41) is 3.68. The Balaban J connectivity index is 1.65. The van der Waals surface area contributed by atoms with Gasteiger partial charge < -0.3 is 9.45 Å². The second kappa shape index (κ2) is 12.0. The Labute approximate surface area is 238 Å². The summed E-state index contributed by atoms with van der Waals surface area (Å²) in [4.78, 5) is 5.14. The molecule has 0 spiro atoms. The summed E-state index contributed by atoms with van der Waals surface area (Å²) in [6.07, 6.45) is 9.21. The summed E-state index contributed by atoms with van der Waals surface area (Å²) in [6.45, 7) is 10.9. The fourth-order valence-electron chi connectivity index (χ4n) is 6.04. The second-order valence-electron chi connectivity index (χ2n) is 11.5. The van der Waals surface area contributed by atoms with Crippen LogP contribution in [0.4, 0.5) is 11.4 Å². The highest BCUT2D eigenvalue weighted by molar-refractivity contribution is 7.85. The van der Waals surface area contributed by atoms with Crippen LogP contribution in [0.1, 0.15) is 64.5 Å². The van der Waals surface area contributed by atoms with E-state index < -0.39 is 10.1 Å². The van der Waals surface area contributed by atoms with Crippen LogP contribution in [0.15, 0.2) is 77.6 Å². The van der Waals surface area contributed by atoms with Gasteiger partial charge in [-0.15, -0.1) is 0 Å². The molecule has 2 aromatic carbocycles. The van der Waals surface area contributed by atoms with E-state index in [4.69, 9.17) is 5.53 Å². The zero-order chi connectivity index (χ0) is 29.0. The molecule has 2 aromatic rings. The Kier molecular flexibility index (Phi) is 8.88. The standard InChI is InChI=1S/C31H39N5O3S/c1-30(2)24-14-5-7-16-26(24)35(21-10-9-20-33-34-32)28(30)18-13-19-29-31(3,4)25-15-6-8-17-27(25)36(29)22-11-12-23-40(37,38)39/h5-8,13-19H,9-12,20-23H2,1-4H3. The average Bonchev–Trinajstić information content (AvgIpc) is 3.25. The smallest absolute Gasteiger partial charge is 0.209 e. The first-order valence-corrected chi connectivity index (χ1v) is 15.5. The van der Waals surface area contributed by atoms with Crippen LogP contribution in [0, 0.1) is 0 Å². The maximum Gasteiger partial charge on any atom is 0.209 e. The van der Waals surface area contributed by atoms with Crippen molar-refractivity contribution < 1.29 is 17.5 Å². The van der Waals surface area contributed by atoms with E-state index in [2.05, 4.69) is 108 Å². The number of para-hydroxylation sites is 2. The lowest BCUT2D eigenvalue weighted by molar-refractivity contribution is -0.438. The topological polar surface area (TPSA) is 112 Å². The van der Waals surface area contributed by atoms with Crippen LogP contribution in [0.3, 0.4) is 0 Å². The van der Waals surface area contributed by atoms with Crippen LogP contribution in [0.2, 0.25) is 0 Å². The van der Waals surface area contributed by atoms with E-state index in [1.165, 1.54) is 22.5 Å². The molecule has 0 aromatic heterocycles. The number of unbranched alkanes of at least 4 members (excludes halogenated alkanes) is 2. The number of allylic oxidation sites excluding steroid dienone is 4. The largest absolute Gasteiger partial charge is 0.748 e. The molecule has 0 radical (unpaired) electrons. The van der Waals surface area contributed by atoms with Gasteiger partial charge in [-0.25, -0.2) is 8.42 Å².